The van der Waals surface area contributed by atoms with Gasteiger partial charge in [-0.3, -0.25) is 0 Å². The summed E-state index contributed by atoms with van der Waals surface area (Å²) in [4.78, 5) is 1.35. The van der Waals surface area contributed by atoms with Crippen molar-refractivity contribution in [3.05, 3.63) is 50.1 Å². The molecular formula is C17H20BrNOS. The molecule has 2 nitrogen and oxygen atoms in total. The van der Waals surface area contributed by atoms with Gasteiger partial charge >= 0.3 is 0 Å². The number of benzene rings is 1. The van der Waals surface area contributed by atoms with Crippen LogP contribution in [-0.4, -0.2) is 12.6 Å². The van der Waals surface area contributed by atoms with Gasteiger partial charge in [0.15, 0.2) is 0 Å². The highest BCUT2D eigenvalue weighted by Crippen LogP contribution is 2.35. The largest absolute Gasteiger partial charge is 0.490 e. The number of fused-ring (bicyclic) bond motifs is 1. The molecule has 2 heterocycles. The normalized spacial score (nSPS) is 18.3. The van der Waals surface area contributed by atoms with Gasteiger partial charge in [0.1, 0.15) is 11.9 Å². The van der Waals surface area contributed by atoms with E-state index in [0.29, 0.717) is 6.10 Å². The van der Waals surface area contributed by atoms with E-state index in [2.05, 4.69) is 65.4 Å². The van der Waals surface area contributed by atoms with Crippen LogP contribution in [0.3, 0.4) is 0 Å². The van der Waals surface area contributed by atoms with E-state index < -0.39 is 0 Å². The predicted octanol–water partition coefficient (Wildman–Crippen LogP) is 4.92. The fourth-order valence-corrected chi connectivity index (χ4v) is 4.30. The van der Waals surface area contributed by atoms with Gasteiger partial charge in [-0.2, -0.15) is 0 Å². The van der Waals surface area contributed by atoms with Crippen molar-refractivity contribution in [3.63, 3.8) is 0 Å². The topological polar surface area (TPSA) is 21.3 Å². The first-order chi connectivity index (χ1) is 10.2. The zero-order valence-electron chi connectivity index (χ0n) is 12.4. The summed E-state index contributed by atoms with van der Waals surface area (Å²) in [6, 6.07) is 11.2. The second-order valence-corrected chi connectivity index (χ2v) is 8.02. The van der Waals surface area contributed by atoms with Crippen LogP contribution in [0.4, 0.5) is 0 Å². The molecule has 4 heteroatoms. The zero-order chi connectivity index (χ0) is 14.8. The van der Waals surface area contributed by atoms with Crippen LogP contribution in [-0.2, 0) is 6.42 Å². The summed E-state index contributed by atoms with van der Waals surface area (Å²) in [5.41, 5.74) is 2.66. The minimum Gasteiger partial charge on any atom is -0.490 e. The van der Waals surface area contributed by atoms with Crippen LogP contribution in [0, 0.1) is 0 Å². The molecule has 1 aliphatic rings. The van der Waals surface area contributed by atoms with Gasteiger partial charge in [-0.15, -0.1) is 11.3 Å². The van der Waals surface area contributed by atoms with Gasteiger partial charge < -0.3 is 10.1 Å². The summed E-state index contributed by atoms with van der Waals surface area (Å²) in [5.74, 6) is 1.05. The summed E-state index contributed by atoms with van der Waals surface area (Å²) < 4.78 is 6.99. The SMILES string of the molecule is CCCNC(c1ccc2c(c1)CC(C)O2)c1ccc(Br)s1. The van der Waals surface area contributed by atoms with Crippen molar-refractivity contribution >= 4 is 27.3 Å². The lowest BCUT2D eigenvalue weighted by molar-refractivity contribution is 0.254. The average molecular weight is 366 g/mol. The molecule has 0 fully saturated rings. The molecule has 0 spiro atoms. The molecule has 0 saturated heterocycles. The molecule has 3 rings (SSSR count). The molecule has 1 aromatic heterocycles. The van der Waals surface area contributed by atoms with Crippen molar-refractivity contribution < 1.29 is 4.74 Å². The third-order valence-corrected chi connectivity index (χ3v) is 5.42. The number of ether oxygens (including phenoxy) is 1. The predicted molar refractivity (Wildman–Crippen MR) is 92.4 cm³/mol. The van der Waals surface area contributed by atoms with Crippen molar-refractivity contribution in [1.82, 2.24) is 5.32 Å². The van der Waals surface area contributed by atoms with Crippen molar-refractivity contribution in [2.75, 3.05) is 6.54 Å². The molecule has 112 valence electrons. The van der Waals surface area contributed by atoms with Crippen LogP contribution < -0.4 is 10.1 Å². The average Bonchev–Trinajstić information content (AvgIpc) is 3.04. The fourth-order valence-electron chi connectivity index (χ4n) is 2.78. The minimum atomic E-state index is 0.266. The monoisotopic (exact) mass is 365 g/mol. The summed E-state index contributed by atoms with van der Waals surface area (Å²) in [5, 5.41) is 3.67. The minimum absolute atomic E-state index is 0.266. The van der Waals surface area contributed by atoms with E-state index in [4.69, 9.17) is 4.74 Å². The van der Waals surface area contributed by atoms with Crippen LogP contribution in [0.25, 0.3) is 0 Å². The number of rotatable bonds is 5. The standard InChI is InChI=1S/C17H20BrNOS/c1-3-8-19-17(15-6-7-16(18)21-15)12-4-5-14-13(10-12)9-11(2)20-14/h4-7,10-11,17,19H,3,8-9H2,1-2H3. The Bertz CT molecular complexity index is 625. The Balaban J connectivity index is 1.91. The van der Waals surface area contributed by atoms with Gasteiger partial charge in [-0.25, -0.2) is 0 Å². The molecule has 1 N–H and O–H groups in total. The molecule has 0 saturated carbocycles. The first-order valence-electron chi connectivity index (χ1n) is 7.45. The van der Waals surface area contributed by atoms with Crippen molar-refractivity contribution in [2.24, 2.45) is 0 Å². The highest BCUT2D eigenvalue weighted by atomic mass is 79.9. The van der Waals surface area contributed by atoms with E-state index in [9.17, 15) is 0 Å². The first kappa shape index (κ1) is 15.1. The van der Waals surface area contributed by atoms with Gasteiger partial charge in [0, 0.05) is 11.3 Å². The Morgan fingerprint density at radius 3 is 2.95 bits per heavy atom. The van der Waals surface area contributed by atoms with Crippen molar-refractivity contribution in [2.45, 2.75) is 38.8 Å². The molecule has 2 unspecified atom stereocenters. The smallest absolute Gasteiger partial charge is 0.123 e. The van der Waals surface area contributed by atoms with Gasteiger partial charge in [0.05, 0.1) is 9.83 Å². The number of thiophene rings is 1. The number of nitrogens with one attached hydrogen (secondary N) is 1. The maximum Gasteiger partial charge on any atom is 0.123 e. The van der Waals surface area contributed by atoms with Crippen LogP contribution in [0.1, 0.15) is 42.3 Å². The lowest BCUT2D eigenvalue weighted by Gasteiger charge is -2.18. The Kier molecular flexibility index (Phi) is 4.67. The molecule has 0 aliphatic carbocycles. The highest BCUT2D eigenvalue weighted by Gasteiger charge is 2.22. The first-order valence-corrected chi connectivity index (χ1v) is 9.06. The molecule has 1 aromatic carbocycles. The highest BCUT2D eigenvalue weighted by molar-refractivity contribution is 9.11. The lowest BCUT2D eigenvalue weighted by atomic mass is 10.0. The Hall–Kier alpha value is -0.840. The number of halogens is 1. The van der Waals surface area contributed by atoms with Crippen LogP contribution in [0.15, 0.2) is 34.1 Å². The zero-order valence-corrected chi connectivity index (χ0v) is 14.8. The van der Waals surface area contributed by atoms with E-state index in [1.165, 1.54) is 19.8 Å². The Morgan fingerprint density at radius 1 is 1.38 bits per heavy atom. The second kappa shape index (κ2) is 6.51. The number of hydrogen-bond donors (Lipinski definition) is 1. The summed E-state index contributed by atoms with van der Waals surface area (Å²) in [7, 11) is 0. The maximum absolute atomic E-state index is 5.81. The molecule has 0 amide bonds. The van der Waals surface area contributed by atoms with Crippen molar-refractivity contribution in [3.8, 4) is 5.75 Å². The third-order valence-electron chi connectivity index (χ3n) is 3.73. The van der Waals surface area contributed by atoms with Crippen LogP contribution in [0.5, 0.6) is 5.75 Å². The maximum atomic E-state index is 5.81. The summed E-state index contributed by atoms with van der Waals surface area (Å²) in [6.45, 7) is 5.35. The second-order valence-electron chi connectivity index (χ2n) is 5.53. The van der Waals surface area contributed by atoms with E-state index >= 15 is 0 Å². The molecular weight excluding hydrogens is 346 g/mol. The quantitative estimate of drug-likeness (QED) is 0.811. The van der Waals surface area contributed by atoms with Crippen molar-refractivity contribution in [1.29, 1.82) is 0 Å². The molecule has 2 atom stereocenters. The van der Waals surface area contributed by atoms with E-state index in [-0.39, 0.29) is 6.04 Å². The third kappa shape index (κ3) is 3.33. The molecule has 21 heavy (non-hydrogen) atoms. The van der Waals surface area contributed by atoms with E-state index in [1.807, 2.05) is 0 Å². The van der Waals surface area contributed by atoms with Crippen LogP contribution >= 0.6 is 27.3 Å². The number of hydrogen-bond acceptors (Lipinski definition) is 3. The van der Waals surface area contributed by atoms with E-state index in [1.54, 1.807) is 11.3 Å². The van der Waals surface area contributed by atoms with Crippen LogP contribution in [0.2, 0.25) is 0 Å². The summed E-state index contributed by atoms with van der Waals surface area (Å²) in [6.07, 6.45) is 2.44. The fraction of sp³-hybridized carbons (Fsp3) is 0.412. The molecule has 1 aliphatic heterocycles. The lowest BCUT2D eigenvalue weighted by Crippen LogP contribution is -2.22. The van der Waals surface area contributed by atoms with E-state index in [0.717, 1.165) is 25.1 Å². The van der Waals surface area contributed by atoms with Gasteiger partial charge in [0.2, 0.25) is 0 Å². The van der Waals surface area contributed by atoms with Gasteiger partial charge in [-0.05, 0) is 65.1 Å². The Labute approximate surface area is 138 Å². The Morgan fingerprint density at radius 2 is 2.24 bits per heavy atom. The van der Waals surface area contributed by atoms with Gasteiger partial charge in [0.25, 0.3) is 0 Å². The molecule has 2 aromatic rings. The molecule has 0 bridgehead atoms. The van der Waals surface area contributed by atoms with Gasteiger partial charge in [-0.1, -0.05) is 19.1 Å². The molecule has 0 radical (unpaired) electrons. The summed E-state index contributed by atoms with van der Waals surface area (Å²) >= 11 is 5.37.